The number of nitrogens with one attached hydrogen (secondary N) is 1. The summed E-state index contributed by atoms with van der Waals surface area (Å²) in [6.45, 7) is 3.19. The van der Waals surface area contributed by atoms with Gasteiger partial charge in [-0.1, -0.05) is 6.07 Å². The van der Waals surface area contributed by atoms with Gasteiger partial charge in [0.1, 0.15) is 11.6 Å². The molecule has 3 rings (SSSR count). The fourth-order valence-electron chi connectivity index (χ4n) is 2.77. The van der Waals surface area contributed by atoms with E-state index < -0.39 is 0 Å². The van der Waals surface area contributed by atoms with Gasteiger partial charge in [-0.25, -0.2) is 4.39 Å². The smallest absolute Gasteiger partial charge is 0.262 e. The Kier molecular flexibility index (Phi) is 6.39. The summed E-state index contributed by atoms with van der Waals surface area (Å²) in [5.41, 5.74) is 0.337. The number of amides is 1. The second-order valence-corrected chi connectivity index (χ2v) is 6.07. The van der Waals surface area contributed by atoms with Crippen molar-refractivity contribution in [3.05, 3.63) is 70.9 Å². The number of fused-ring (bicyclic) bond motifs is 1. The first-order chi connectivity index (χ1) is 13.6. The fraction of sp³-hybridized carbons (Fsp3) is 0.238. The van der Waals surface area contributed by atoms with E-state index in [9.17, 15) is 14.0 Å². The molecule has 0 fully saturated rings. The van der Waals surface area contributed by atoms with Crippen LogP contribution in [0.1, 0.15) is 6.92 Å². The van der Waals surface area contributed by atoms with Crippen molar-refractivity contribution in [2.45, 2.75) is 13.5 Å². The Morgan fingerprint density at radius 3 is 2.64 bits per heavy atom. The van der Waals surface area contributed by atoms with Crippen molar-refractivity contribution in [1.29, 1.82) is 0 Å². The van der Waals surface area contributed by atoms with Crippen LogP contribution in [0.15, 0.2) is 59.5 Å². The van der Waals surface area contributed by atoms with E-state index in [0.29, 0.717) is 42.0 Å². The van der Waals surface area contributed by atoms with Gasteiger partial charge >= 0.3 is 0 Å². The number of nitrogens with zero attached hydrogens (tertiary/aromatic N) is 1. The molecule has 0 aliphatic rings. The van der Waals surface area contributed by atoms with Crippen molar-refractivity contribution in [2.75, 3.05) is 25.1 Å². The van der Waals surface area contributed by atoms with E-state index in [-0.39, 0.29) is 23.9 Å². The number of pyridine rings is 1. The van der Waals surface area contributed by atoms with Gasteiger partial charge < -0.3 is 19.4 Å². The summed E-state index contributed by atoms with van der Waals surface area (Å²) in [4.78, 5) is 24.7. The highest BCUT2D eigenvalue weighted by Gasteiger charge is 2.10. The van der Waals surface area contributed by atoms with Crippen LogP contribution in [-0.4, -0.2) is 30.3 Å². The van der Waals surface area contributed by atoms with Gasteiger partial charge in [-0.2, -0.15) is 0 Å². The van der Waals surface area contributed by atoms with Crippen LogP contribution in [0.5, 0.6) is 5.75 Å². The molecule has 146 valence electrons. The first-order valence-corrected chi connectivity index (χ1v) is 8.96. The van der Waals surface area contributed by atoms with Crippen LogP contribution in [0.4, 0.5) is 10.1 Å². The zero-order valence-corrected chi connectivity index (χ0v) is 15.5. The van der Waals surface area contributed by atoms with Crippen LogP contribution in [0.2, 0.25) is 0 Å². The number of ether oxygens (including phenoxy) is 2. The van der Waals surface area contributed by atoms with Crippen LogP contribution in [-0.2, 0) is 16.1 Å². The van der Waals surface area contributed by atoms with Crippen molar-refractivity contribution in [3.63, 3.8) is 0 Å². The van der Waals surface area contributed by atoms with E-state index in [2.05, 4.69) is 5.32 Å². The Morgan fingerprint density at radius 1 is 1.11 bits per heavy atom. The zero-order chi connectivity index (χ0) is 19.9. The monoisotopic (exact) mass is 384 g/mol. The maximum Gasteiger partial charge on any atom is 0.262 e. The van der Waals surface area contributed by atoms with E-state index in [1.807, 2.05) is 6.92 Å². The number of benzene rings is 2. The normalized spacial score (nSPS) is 10.8. The van der Waals surface area contributed by atoms with Crippen molar-refractivity contribution >= 4 is 22.4 Å². The highest BCUT2D eigenvalue weighted by Crippen LogP contribution is 2.23. The molecule has 0 atom stereocenters. The van der Waals surface area contributed by atoms with Crippen molar-refractivity contribution in [3.8, 4) is 5.75 Å². The van der Waals surface area contributed by atoms with Crippen LogP contribution in [0.25, 0.3) is 10.8 Å². The van der Waals surface area contributed by atoms with Gasteiger partial charge in [0.25, 0.3) is 11.5 Å². The number of hydrogen-bond donors (Lipinski definition) is 1. The Balaban J connectivity index is 1.70. The standard InChI is InChI=1S/C21H21FN2O4/c1-2-27-13-12-24-11-10-17-18(21(24)26)4-3-5-19(17)28-14-20(25)23-16-8-6-15(22)7-9-16/h3-11H,2,12-14H2,1H3,(H,23,25). The minimum Gasteiger partial charge on any atom is -0.483 e. The summed E-state index contributed by atoms with van der Waals surface area (Å²) in [5, 5.41) is 3.77. The number of carbonyl (C=O) groups is 1. The summed E-state index contributed by atoms with van der Waals surface area (Å²) in [6, 6.07) is 12.4. The van der Waals surface area contributed by atoms with E-state index >= 15 is 0 Å². The molecule has 0 saturated heterocycles. The second kappa shape index (κ2) is 9.14. The summed E-state index contributed by atoms with van der Waals surface area (Å²) >= 11 is 0. The largest absolute Gasteiger partial charge is 0.483 e. The molecule has 28 heavy (non-hydrogen) atoms. The molecule has 0 radical (unpaired) electrons. The molecule has 0 aliphatic heterocycles. The topological polar surface area (TPSA) is 69.6 Å². The lowest BCUT2D eigenvalue weighted by Crippen LogP contribution is -2.22. The van der Waals surface area contributed by atoms with Crippen LogP contribution in [0.3, 0.4) is 0 Å². The summed E-state index contributed by atoms with van der Waals surface area (Å²) in [7, 11) is 0. The molecule has 1 heterocycles. The molecule has 3 aromatic rings. The van der Waals surface area contributed by atoms with Gasteiger partial charge in [-0.15, -0.1) is 0 Å². The highest BCUT2D eigenvalue weighted by molar-refractivity contribution is 5.92. The summed E-state index contributed by atoms with van der Waals surface area (Å²) < 4.78 is 25.4. The van der Waals surface area contributed by atoms with Gasteiger partial charge in [0, 0.05) is 30.4 Å². The minimum atomic E-state index is -0.381. The second-order valence-electron chi connectivity index (χ2n) is 6.07. The minimum absolute atomic E-state index is 0.140. The van der Waals surface area contributed by atoms with Crippen LogP contribution < -0.4 is 15.6 Å². The third kappa shape index (κ3) is 4.75. The van der Waals surface area contributed by atoms with Crippen LogP contribution in [0, 0.1) is 5.82 Å². The quantitative estimate of drug-likeness (QED) is 0.606. The molecule has 1 amide bonds. The SMILES string of the molecule is CCOCCn1ccc2c(OCC(=O)Nc3ccc(F)cc3)cccc2c1=O. The number of aromatic nitrogens is 1. The molecular weight excluding hydrogens is 363 g/mol. The zero-order valence-electron chi connectivity index (χ0n) is 15.5. The Hall–Kier alpha value is -3.19. The van der Waals surface area contributed by atoms with E-state index in [0.717, 1.165) is 0 Å². The molecule has 0 saturated carbocycles. The number of halogens is 1. The summed E-state index contributed by atoms with van der Waals surface area (Å²) in [6.07, 6.45) is 1.69. The van der Waals surface area contributed by atoms with Gasteiger partial charge in [-0.05, 0) is 49.4 Å². The first kappa shape index (κ1) is 19.6. The Labute approximate surface area is 161 Å². The van der Waals surface area contributed by atoms with Gasteiger partial charge in [0.15, 0.2) is 6.61 Å². The van der Waals surface area contributed by atoms with Gasteiger partial charge in [0.2, 0.25) is 0 Å². The van der Waals surface area contributed by atoms with Gasteiger partial charge in [0.05, 0.1) is 12.0 Å². The number of carbonyl (C=O) groups excluding carboxylic acids is 1. The van der Waals surface area contributed by atoms with Crippen molar-refractivity contribution in [1.82, 2.24) is 4.57 Å². The van der Waals surface area contributed by atoms with Crippen LogP contribution >= 0.6 is 0 Å². The highest BCUT2D eigenvalue weighted by atomic mass is 19.1. The fourth-order valence-corrected chi connectivity index (χ4v) is 2.77. The van der Waals surface area contributed by atoms with E-state index in [4.69, 9.17) is 9.47 Å². The summed E-state index contributed by atoms with van der Waals surface area (Å²) in [5.74, 6) is -0.314. The number of anilines is 1. The molecule has 0 spiro atoms. The predicted molar refractivity (Wildman–Crippen MR) is 105 cm³/mol. The molecule has 2 aromatic carbocycles. The number of hydrogen-bond acceptors (Lipinski definition) is 4. The maximum absolute atomic E-state index is 12.9. The van der Waals surface area contributed by atoms with Crippen molar-refractivity contribution < 1.29 is 18.7 Å². The molecule has 0 bridgehead atoms. The Morgan fingerprint density at radius 2 is 1.89 bits per heavy atom. The lowest BCUT2D eigenvalue weighted by molar-refractivity contribution is -0.118. The molecule has 0 aliphatic carbocycles. The lowest BCUT2D eigenvalue weighted by atomic mass is 10.1. The third-order valence-electron chi connectivity index (χ3n) is 4.15. The molecule has 1 aromatic heterocycles. The number of rotatable bonds is 8. The molecule has 0 unspecified atom stereocenters. The maximum atomic E-state index is 12.9. The average molecular weight is 384 g/mol. The third-order valence-corrected chi connectivity index (χ3v) is 4.15. The van der Waals surface area contributed by atoms with Crippen molar-refractivity contribution in [2.24, 2.45) is 0 Å². The molecule has 7 heteroatoms. The first-order valence-electron chi connectivity index (χ1n) is 8.96. The Bertz CT molecular complexity index is 1020. The van der Waals surface area contributed by atoms with Gasteiger partial charge in [-0.3, -0.25) is 9.59 Å². The molecule has 6 nitrogen and oxygen atoms in total. The van der Waals surface area contributed by atoms with E-state index in [1.54, 1.807) is 35.0 Å². The molecule has 1 N–H and O–H groups in total. The molecular formula is C21H21FN2O4. The van der Waals surface area contributed by atoms with E-state index in [1.165, 1.54) is 24.3 Å². The lowest BCUT2D eigenvalue weighted by Gasteiger charge is -2.11. The predicted octanol–water partition coefficient (Wildman–Crippen LogP) is 3.19. The average Bonchev–Trinajstić information content (AvgIpc) is 2.70.